The molecule has 28 heavy (non-hydrogen) atoms. The van der Waals surface area contributed by atoms with Crippen molar-refractivity contribution in [2.24, 2.45) is 0 Å². The van der Waals surface area contributed by atoms with Gasteiger partial charge in [-0.15, -0.1) is 0 Å². The SMILES string of the molecule is Cc1cccc(C(O)(C(=O)OCC[n+]2cc[nH]c2C)c2cccc(C)c2)c1.[Br-]. The summed E-state index contributed by atoms with van der Waals surface area (Å²) in [6, 6.07) is 14.6. The topological polar surface area (TPSA) is 66.2 Å². The average Bonchev–Trinajstić information content (AvgIpc) is 3.06. The van der Waals surface area contributed by atoms with E-state index in [2.05, 4.69) is 4.98 Å². The van der Waals surface area contributed by atoms with E-state index in [0.717, 1.165) is 17.0 Å². The molecule has 2 aromatic carbocycles. The van der Waals surface area contributed by atoms with E-state index in [9.17, 15) is 9.90 Å². The smallest absolute Gasteiger partial charge is 0.347 e. The maximum absolute atomic E-state index is 13.0. The number of aromatic amines is 1. The highest BCUT2D eigenvalue weighted by Crippen LogP contribution is 2.32. The molecule has 0 aliphatic heterocycles. The largest absolute Gasteiger partial charge is 1.00 e. The number of imidazole rings is 1. The first-order valence-corrected chi connectivity index (χ1v) is 8.98. The quantitative estimate of drug-likeness (QED) is 0.405. The fourth-order valence-corrected chi connectivity index (χ4v) is 3.17. The zero-order valence-corrected chi connectivity index (χ0v) is 17.9. The van der Waals surface area contributed by atoms with Crippen LogP contribution in [0.1, 0.15) is 28.1 Å². The lowest BCUT2D eigenvalue weighted by Gasteiger charge is -2.27. The molecule has 0 bridgehead atoms. The lowest BCUT2D eigenvalue weighted by atomic mass is 9.85. The predicted octanol–water partition coefficient (Wildman–Crippen LogP) is -0.289. The number of carbonyl (C=O) groups excluding carboxylic acids is 1. The monoisotopic (exact) mass is 444 g/mol. The van der Waals surface area contributed by atoms with Gasteiger partial charge in [0, 0.05) is 6.92 Å². The third-order valence-corrected chi connectivity index (χ3v) is 4.71. The average molecular weight is 445 g/mol. The molecule has 0 saturated heterocycles. The van der Waals surface area contributed by atoms with Gasteiger partial charge < -0.3 is 26.8 Å². The Morgan fingerprint density at radius 1 is 1.07 bits per heavy atom. The van der Waals surface area contributed by atoms with Crippen molar-refractivity contribution in [3.8, 4) is 0 Å². The zero-order chi connectivity index (χ0) is 19.4. The Hall–Kier alpha value is -2.44. The third kappa shape index (κ3) is 4.51. The molecule has 0 spiro atoms. The highest BCUT2D eigenvalue weighted by Gasteiger charge is 2.42. The van der Waals surface area contributed by atoms with Crippen LogP contribution in [0.3, 0.4) is 0 Å². The molecule has 0 fully saturated rings. The normalized spacial score (nSPS) is 11.0. The van der Waals surface area contributed by atoms with E-state index < -0.39 is 11.6 Å². The van der Waals surface area contributed by atoms with E-state index in [1.165, 1.54) is 0 Å². The Bertz CT molecular complexity index is 907. The highest BCUT2D eigenvalue weighted by molar-refractivity contribution is 5.85. The number of aliphatic hydroxyl groups is 1. The summed E-state index contributed by atoms with van der Waals surface area (Å²) in [4.78, 5) is 16.1. The van der Waals surface area contributed by atoms with Crippen molar-refractivity contribution in [2.45, 2.75) is 32.9 Å². The second-order valence-corrected chi connectivity index (χ2v) is 6.82. The van der Waals surface area contributed by atoms with Crippen LogP contribution >= 0.6 is 0 Å². The van der Waals surface area contributed by atoms with Gasteiger partial charge in [0.25, 0.3) is 5.82 Å². The maximum Gasteiger partial charge on any atom is 0.347 e. The van der Waals surface area contributed by atoms with E-state index in [-0.39, 0.29) is 23.6 Å². The zero-order valence-electron chi connectivity index (χ0n) is 16.3. The summed E-state index contributed by atoms with van der Waals surface area (Å²) in [6.07, 6.45) is 3.71. The fraction of sp³-hybridized carbons (Fsp3) is 0.273. The van der Waals surface area contributed by atoms with Crippen LogP contribution in [-0.2, 0) is 21.7 Å². The number of rotatable bonds is 6. The van der Waals surface area contributed by atoms with Gasteiger partial charge in [-0.1, -0.05) is 59.7 Å². The van der Waals surface area contributed by atoms with Crippen LogP contribution in [-0.4, -0.2) is 22.7 Å². The first-order chi connectivity index (χ1) is 12.9. The fourth-order valence-electron chi connectivity index (χ4n) is 3.17. The highest BCUT2D eigenvalue weighted by atomic mass is 79.9. The molecule has 2 N–H and O–H groups in total. The molecule has 6 heteroatoms. The molecular formula is C22H25BrN2O3. The summed E-state index contributed by atoms with van der Waals surface area (Å²) in [5, 5.41) is 11.5. The molecule has 0 saturated carbocycles. The predicted molar refractivity (Wildman–Crippen MR) is 102 cm³/mol. The summed E-state index contributed by atoms with van der Waals surface area (Å²) in [7, 11) is 0. The number of ether oxygens (including phenoxy) is 1. The van der Waals surface area contributed by atoms with Crippen molar-refractivity contribution >= 4 is 5.97 Å². The van der Waals surface area contributed by atoms with Crippen molar-refractivity contribution in [3.63, 3.8) is 0 Å². The summed E-state index contributed by atoms with van der Waals surface area (Å²) >= 11 is 0. The van der Waals surface area contributed by atoms with Gasteiger partial charge in [0.15, 0.2) is 0 Å². The van der Waals surface area contributed by atoms with Gasteiger partial charge in [-0.2, -0.15) is 0 Å². The van der Waals surface area contributed by atoms with E-state index in [4.69, 9.17) is 4.74 Å². The molecule has 1 aromatic heterocycles. The van der Waals surface area contributed by atoms with Gasteiger partial charge in [0.2, 0.25) is 5.60 Å². The number of benzene rings is 2. The molecule has 1 heterocycles. The molecule has 0 aliphatic rings. The van der Waals surface area contributed by atoms with Crippen molar-refractivity contribution in [1.29, 1.82) is 0 Å². The molecule has 3 aromatic rings. The molecular weight excluding hydrogens is 420 g/mol. The molecule has 0 unspecified atom stereocenters. The third-order valence-electron chi connectivity index (χ3n) is 4.71. The Balaban J connectivity index is 0.00000280. The summed E-state index contributed by atoms with van der Waals surface area (Å²) < 4.78 is 7.45. The van der Waals surface area contributed by atoms with Crippen LogP contribution < -0.4 is 21.5 Å². The lowest BCUT2D eigenvalue weighted by Crippen LogP contribution is -3.00. The van der Waals surface area contributed by atoms with Crippen LogP contribution in [0, 0.1) is 20.8 Å². The molecule has 3 rings (SSSR count). The summed E-state index contributed by atoms with van der Waals surface area (Å²) in [5.41, 5.74) is 1.08. The first kappa shape index (κ1) is 21.9. The van der Waals surface area contributed by atoms with Crippen LogP contribution in [0.15, 0.2) is 60.9 Å². The van der Waals surface area contributed by atoms with Gasteiger partial charge >= 0.3 is 5.97 Å². The molecule has 0 amide bonds. The number of H-pyrrole nitrogens is 1. The molecule has 0 radical (unpaired) electrons. The van der Waals surface area contributed by atoms with E-state index in [0.29, 0.717) is 17.7 Å². The number of nitrogens with one attached hydrogen (secondary N) is 1. The van der Waals surface area contributed by atoms with E-state index >= 15 is 0 Å². The van der Waals surface area contributed by atoms with E-state index in [1.807, 2.05) is 74.1 Å². The summed E-state index contributed by atoms with van der Waals surface area (Å²) in [5.74, 6) is 0.297. The molecule has 148 valence electrons. The number of hydrogen-bond acceptors (Lipinski definition) is 3. The van der Waals surface area contributed by atoms with Crippen molar-refractivity contribution < 1.29 is 36.2 Å². The minimum atomic E-state index is -1.85. The standard InChI is InChI=1S/C22H24N2O3.BrH/c1-16-6-4-8-19(14-16)22(26,20-9-5-7-17(2)15-20)21(25)27-13-12-24-11-10-23-18(24)3;/h4-11,14-15,26H,12-13H2,1-3H3;1H. The van der Waals surface area contributed by atoms with Crippen LogP contribution in [0.2, 0.25) is 0 Å². The van der Waals surface area contributed by atoms with Gasteiger partial charge in [-0.3, -0.25) is 0 Å². The van der Waals surface area contributed by atoms with E-state index in [1.54, 1.807) is 12.1 Å². The van der Waals surface area contributed by atoms with Crippen molar-refractivity contribution in [1.82, 2.24) is 4.98 Å². The van der Waals surface area contributed by atoms with Gasteiger partial charge in [0.05, 0.1) is 0 Å². The number of aryl methyl sites for hydroxylation is 3. The minimum Gasteiger partial charge on any atom is -1.00 e. The lowest BCUT2D eigenvalue weighted by molar-refractivity contribution is -0.702. The van der Waals surface area contributed by atoms with Crippen molar-refractivity contribution in [3.05, 3.63) is 89.0 Å². The van der Waals surface area contributed by atoms with Gasteiger partial charge in [0.1, 0.15) is 25.5 Å². The Labute approximate surface area is 175 Å². The number of esters is 1. The Kier molecular flexibility index (Phi) is 7.16. The second-order valence-electron chi connectivity index (χ2n) is 6.82. The van der Waals surface area contributed by atoms with Gasteiger partial charge in [-0.25, -0.2) is 14.3 Å². The van der Waals surface area contributed by atoms with Crippen LogP contribution in [0.4, 0.5) is 0 Å². The number of halogens is 1. The molecule has 5 nitrogen and oxygen atoms in total. The number of carbonyl (C=O) groups is 1. The second kappa shape index (κ2) is 9.17. The van der Waals surface area contributed by atoms with Crippen molar-refractivity contribution in [2.75, 3.05) is 6.61 Å². The Morgan fingerprint density at radius 3 is 2.11 bits per heavy atom. The van der Waals surface area contributed by atoms with Crippen LogP contribution in [0.5, 0.6) is 0 Å². The van der Waals surface area contributed by atoms with Crippen LogP contribution in [0.25, 0.3) is 0 Å². The minimum absolute atomic E-state index is 0. The maximum atomic E-state index is 13.0. The number of hydrogen-bond donors (Lipinski definition) is 2. The molecule has 0 aliphatic carbocycles. The first-order valence-electron chi connectivity index (χ1n) is 8.98. The Morgan fingerprint density at radius 2 is 1.64 bits per heavy atom. The summed E-state index contributed by atoms with van der Waals surface area (Å²) in [6.45, 7) is 6.48. The molecule has 0 atom stereocenters. The number of aromatic nitrogens is 2. The van der Waals surface area contributed by atoms with Gasteiger partial charge in [-0.05, 0) is 25.0 Å². The number of nitrogens with zero attached hydrogens (tertiary/aromatic N) is 1.